The van der Waals surface area contributed by atoms with Gasteiger partial charge in [0, 0.05) is 58.0 Å². The number of ether oxygens (including phenoxy) is 1. The van der Waals surface area contributed by atoms with Gasteiger partial charge in [-0.15, -0.1) is 0 Å². The molecular weight excluding hydrogens is 298 g/mol. The van der Waals surface area contributed by atoms with Crippen molar-refractivity contribution in [1.29, 1.82) is 0 Å². The predicted octanol–water partition coefficient (Wildman–Crippen LogP) is 0.842. The maximum atomic E-state index is 12.7. The van der Waals surface area contributed by atoms with Crippen LogP contribution in [0.5, 0.6) is 0 Å². The SMILES string of the molecule is O=C(O)CCN1CCC(N2CCN(C3CCOCC3)C2=O)CC1. The van der Waals surface area contributed by atoms with Crippen LogP contribution < -0.4 is 0 Å². The van der Waals surface area contributed by atoms with Gasteiger partial charge in [0.15, 0.2) is 0 Å². The van der Waals surface area contributed by atoms with Crippen molar-refractivity contribution in [1.82, 2.24) is 14.7 Å². The lowest BCUT2D eigenvalue weighted by atomic mass is 10.0. The zero-order valence-corrected chi connectivity index (χ0v) is 13.7. The van der Waals surface area contributed by atoms with E-state index < -0.39 is 5.97 Å². The molecule has 0 aromatic heterocycles. The molecule has 0 unspecified atom stereocenters. The highest BCUT2D eigenvalue weighted by atomic mass is 16.5. The van der Waals surface area contributed by atoms with Gasteiger partial charge in [-0.05, 0) is 25.7 Å². The average molecular weight is 325 g/mol. The lowest BCUT2D eigenvalue weighted by molar-refractivity contribution is -0.137. The number of nitrogens with zero attached hydrogens (tertiary/aromatic N) is 3. The van der Waals surface area contributed by atoms with Gasteiger partial charge in [-0.3, -0.25) is 4.79 Å². The predicted molar refractivity (Wildman–Crippen MR) is 84.4 cm³/mol. The van der Waals surface area contributed by atoms with Crippen molar-refractivity contribution in [2.75, 3.05) is 45.9 Å². The van der Waals surface area contributed by atoms with Crippen LogP contribution in [0.25, 0.3) is 0 Å². The molecule has 7 nitrogen and oxygen atoms in total. The Morgan fingerprint density at radius 2 is 1.57 bits per heavy atom. The molecule has 0 bridgehead atoms. The Kier molecular flexibility index (Phi) is 5.38. The fraction of sp³-hybridized carbons (Fsp3) is 0.875. The van der Waals surface area contributed by atoms with Crippen LogP contribution in [-0.2, 0) is 9.53 Å². The Morgan fingerprint density at radius 3 is 2.13 bits per heavy atom. The number of carbonyl (C=O) groups is 2. The minimum Gasteiger partial charge on any atom is -0.481 e. The molecule has 3 aliphatic heterocycles. The van der Waals surface area contributed by atoms with Crippen LogP contribution in [0.4, 0.5) is 4.79 Å². The van der Waals surface area contributed by atoms with E-state index in [1.807, 2.05) is 9.80 Å². The lowest BCUT2D eigenvalue weighted by Crippen LogP contribution is -2.48. The second-order valence-electron chi connectivity index (χ2n) is 6.73. The summed E-state index contributed by atoms with van der Waals surface area (Å²) in [5, 5.41) is 8.76. The highest BCUT2D eigenvalue weighted by Crippen LogP contribution is 2.25. The molecule has 0 aliphatic carbocycles. The Morgan fingerprint density at radius 1 is 1.00 bits per heavy atom. The molecule has 0 spiro atoms. The minimum atomic E-state index is -0.742. The molecule has 0 aromatic carbocycles. The van der Waals surface area contributed by atoms with E-state index in [9.17, 15) is 9.59 Å². The number of piperidine rings is 1. The molecule has 2 amide bonds. The van der Waals surface area contributed by atoms with E-state index in [0.717, 1.165) is 65.1 Å². The molecule has 3 aliphatic rings. The quantitative estimate of drug-likeness (QED) is 0.811. The molecule has 3 saturated heterocycles. The van der Waals surface area contributed by atoms with Gasteiger partial charge in [0.2, 0.25) is 0 Å². The van der Waals surface area contributed by atoms with Gasteiger partial charge >= 0.3 is 12.0 Å². The van der Waals surface area contributed by atoms with Crippen molar-refractivity contribution in [3.8, 4) is 0 Å². The molecule has 0 radical (unpaired) electrons. The number of carboxylic acid groups (broad SMARTS) is 1. The number of urea groups is 1. The second kappa shape index (κ2) is 7.49. The molecule has 3 fully saturated rings. The molecule has 130 valence electrons. The molecule has 1 N–H and O–H groups in total. The summed E-state index contributed by atoms with van der Waals surface area (Å²) in [5.74, 6) is -0.742. The third kappa shape index (κ3) is 3.95. The van der Waals surface area contributed by atoms with Crippen LogP contribution in [0.1, 0.15) is 32.1 Å². The van der Waals surface area contributed by atoms with Crippen LogP contribution in [0, 0.1) is 0 Å². The molecule has 3 rings (SSSR count). The Balaban J connectivity index is 1.47. The summed E-state index contributed by atoms with van der Waals surface area (Å²) in [7, 11) is 0. The molecule has 0 aromatic rings. The zero-order valence-electron chi connectivity index (χ0n) is 13.7. The van der Waals surface area contributed by atoms with E-state index >= 15 is 0 Å². The molecule has 7 heteroatoms. The lowest BCUT2D eigenvalue weighted by Gasteiger charge is -2.37. The second-order valence-corrected chi connectivity index (χ2v) is 6.73. The standard InChI is InChI=1S/C16H27N3O4/c20-15(21)3-8-17-6-1-13(2-7-17)18-9-10-19(16(18)22)14-4-11-23-12-5-14/h13-14H,1-12H2,(H,20,21). The van der Waals surface area contributed by atoms with Crippen LogP contribution in [-0.4, -0.2) is 89.8 Å². The van der Waals surface area contributed by atoms with Crippen molar-refractivity contribution >= 4 is 12.0 Å². The van der Waals surface area contributed by atoms with Gasteiger partial charge in [0.05, 0.1) is 6.42 Å². The Labute approximate surface area is 137 Å². The first-order chi connectivity index (χ1) is 11.1. The molecule has 3 heterocycles. The Hall–Kier alpha value is -1.34. The maximum absolute atomic E-state index is 12.7. The number of rotatable bonds is 5. The largest absolute Gasteiger partial charge is 0.481 e. The zero-order chi connectivity index (χ0) is 16.2. The number of amides is 2. The van der Waals surface area contributed by atoms with E-state index in [1.54, 1.807) is 0 Å². The van der Waals surface area contributed by atoms with Crippen LogP contribution in [0.3, 0.4) is 0 Å². The Bertz CT molecular complexity index is 431. The third-order valence-electron chi connectivity index (χ3n) is 5.34. The van der Waals surface area contributed by atoms with Crippen molar-refractivity contribution in [2.24, 2.45) is 0 Å². The monoisotopic (exact) mass is 325 g/mol. The van der Waals surface area contributed by atoms with Gasteiger partial charge in [0.25, 0.3) is 0 Å². The van der Waals surface area contributed by atoms with Crippen molar-refractivity contribution < 1.29 is 19.4 Å². The van der Waals surface area contributed by atoms with Crippen LogP contribution in [0.2, 0.25) is 0 Å². The summed E-state index contributed by atoms with van der Waals surface area (Å²) < 4.78 is 5.39. The average Bonchev–Trinajstić information content (AvgIpc) is 2.96. The summed E-state index contributed by atoms with van der Waals surface area (Å²) in [6.45, 7) is 5.58. The molecule has 0 saturated carbocycles. The molecular formula is C16H27N3O4. The summed E-state index contributed by atoms with van der Waals surface area (Å²) in [4.78, 5) is 29.7. The fourth-order valence-electron chi connectivity index (χ4n) is 3.95. The summed E-state index contributed by atoms with van der Waals surface area (Å²) in [6, 6.07) is 0.853. The first kappa shape index (κ1) is 16.5. The van der Waals surface area contributed by atoms with E-state index in [1.165, 1.54) is 0 Å². The number of carboxylic acids is 1. The molecule has 0 atom stereocenters. The van der Waals surface area contributed by atoms with Crippen molar-refractivity contribution in [3.05, 3.63) is 0 Å². The van der Waals surface area contributed by atoms with Crippen molar-refractivity contribution in [2.45, 2.75) is 44.2 Å². The highest BCUT2D eigenvalue weighted by molar-refractivity contribution is 5.77. The normalized spacial score (nSPS) is 25.3. The highest BCUT2D eigenvalue weighted by Gasteiger charge is 2.38. The number of hydrogen-bond donors (Lipinski definition) is 1. The van der Waals surface area contributed by atoms with Crippen LogP contribution >= 0.6 is 0 Å². The van der Waals surface area contributed by atoms with Gasteiger partial charge in [0.1, 0.15) is 0 Å². The third-order valence-corrected chi connectivity index (χ3v) is 5.34. The fourth-order valence-corrected chi connectivity index (χ4v) is 3.95. The van der Waals surface area contributed by atoms with E-state index in [-0.39, 0.29) is 12.5 Å². The number of hydrogen-bond acceptors (Lipinski definition) is 4. The van der Waals surface area contributed by atoms with E-state index in [0.29, 0.717) is 18.6 Å². The number of likely N-dealkylation sites (tertiary alicyclic amines) is 1. The van der Waals surface area contributed by atoms with Gasteiger partial charge in [-0.2, -0.15) is 0 Å². The van der Waals surface area contributed by atoms with Gasteiger partial charge < -0.3 is 24.5 Å². The molecule has 23 heavy (non-hydrogen) atoms. The summed E-state index contributed by atoms with van der Waals surface area (Å²) >= 11 is 0. The summed E-state index contributed by atoms with van der Waals surface area (Å²) in [5.41, 5.74) is 0. The first-order valence-corrected chi connectivity index (χ1v) is 8.74. The van der Waals surface area contributed by atoms with Gasteiger partial charge in [-0.1, -0.05) is 0 Å². The minimum absolute atomic E-state index is 0.195. The topological polar surface area (TPSA) is 73.3 Å². The van der Waals surface area contributed by atoms with E-state index in [4.69, 9.17) is 9.84 Å². The summed E-state index contributed by atoms with van der Waals surface area (Å²) in [6.07, 6.45) is 4.01. The number of aliphatic carboxylic acids is 1. The first-order valence-electron chi connectivity index (χ1n) is 8.74. The van der Waals surface area contributed by atoms with E-state index in [2.05, 4.69) is 4.90 Å². The van der Waals surface area contributed by atoms with Gasteiger partial charge in [-0.25, -0.2) is 4.79 Å². The van der Waals surface area contributed by atoms with Crippen molar-refractivity contribution in [3.63, 3.8) is 0 Å². The number of carbonyl (C=O) groups excluding carboxylic acids is 1. The maximum Gasteiger partial charge on any atom is 0.320 e. The smallest absolute Gasteiger partial charge is 0.320 e. The van der Waals surface area contributed by atoms with Crippen LogP contribution in [0.15, 0.2) is 0 Å².